The van der Waals surface area contributed by atoms with E-state index in [0.717, 1.165) is 23.4 Å². The summed E-state index contributed by atoms with van der Waals surface area (Å²) in [5.41, 5.74) is 2.02. The average molecular weight is 245 g/mol. The second kappa shape index (κ2) is 5.00. The number of methoxy groups -OCH3 is 1. The molecule has 2 rings (SSSR count). The van der Waals surface area contributed by atoms with Crippen molar-refractivity contribution in [2.24, 2.45) is 0 Å². The lowest BCUT2D eigenvalue weighted by atomic mass is 10.1. The van der Waals surface area contributed by atoms with Crippen molar-refractivity contribution in [3.63, 3.8) is 0 Å². The highest BCUT2D eigenvalue weighted by molar-refractivity contribution is 5.73. The molecule has 94 valence electrons. The van der Waals surface area contributed by atoms with Crippen LogP contribution in [-0.4, -0.2) is 28.4 Å². The number of hydrogen-bond donors (Lipinski definition) is 0. The minimum absolute atomic E-state index is 0.159. The monoisotopic (exact) mass is 245 g/mol. The predicted octanol–water partition coefficient (Wildman–Crippen LogP) is 2.21. The largest absolute Gasteiger partial charge is 0.497 e. The smallest absolute Gasteiger partial charge is 0.172 e. The quantitative estimate of drug-likeness (QED) is 0.775. The van der Waals surface area contributed by atoms with Crippen molar-refractivity contribution in [2.45, 2.75) is 19.8 Å². The van der Waals surface area contributed by atoms with Gasteiger partial charge in [-0.15, -0.1) is 5.10 Å². The van der Waals surface area contributed by atoms with Gasteiger partial charge in [-0.2, -0.15) is 0 Å². The summed E-state index contributed by atoms with van der Waals surface area (Å²) in [6.45, 7) is 4.00. The summed E-state index contributed by atoms with van der Waals surface area (Å²) in [6.07, 6.45) is 0.735. The molecule has 18 heavy (non-hydrogen) atoms. The molecule has 0 fully saturated rings. The molecule has 0 saturated carbocycles. The van der Waals surface area contributed by atoms with E-state index < -0.39 is 0 Å². The van der Waals surface area contributed by atoms with Gasteiger partial charge in [0.1, 0.15) is 11.4 Å². The maximum atomic E-state index is 11.0. The maximum absolute atomic E-state index is 11.0. The van der Waals surface area contributed by atoms with Crippen molar-refractivity contribution < 1.29 is 9.53 Å². The van der Waals surface area contributed by atoms with Crippen LogP contribution in [0.25, 0.3) is 5.69 Å². The van der Waals surface area contributed by atoms with E-state index in [1.54, 1.807) is 11.8 Å². The normalized spacial score (nSPS) is 10.7. The lowest BCUT2D eigenvalue weighted by molar-refractivity contribution is 0.111. The molecule has 0 aliphatic rings. The molecular formula is C13H15N3O2. The third-order valence-electron chi connectivity index (χ3n) is 2.69. The Morgan fingerprint density at radius 2 is 2.17 bits per heavy atom. The minimum Gasteiger partial charge on any atom is -0.497 e. The lowest BCUT2D eigenvalue weighted by Crippen LogP contribution is -2.05. The third kappa shape index (κ3) is 2.11. The van der Waals surface area contributed by atoms with Crippen LogP contribution in [0.3, 0.4) is 0 Å². The van der Waals surface area contributed by atoms with Crippen molar-refractivity contribution in [1.29, 1.82) is 0 Å². The first kappa shape index (κ1) is 12.3. The van der Waals surface area contributed by atoms with Gasteiger partial charge in [0, 0.05) is 6.07 Å². The van der Waals surface area contributed by atoms with Crippen molar-refractivity contribution in [1.82, 2.24) is 15.0 Å². The number of aromatic nitrogens is 3. The van der Waals surface area contributed by atoms with Gasteiger partial charge >= 0.3 is 0 Å². The van der Waals surface area contributed by atoms with Crippen LogP contribution in [0.4, 0.5) is 0 Å². The van der Waals surface area contributed by atoms with E-state index in [1.807, 2.05) is 38.1 Å². The zero-order chi connectivity index (χ0) is 13.1. The summed E-state index contributed by atoms with van der Waals surface area (Å²) in [5, 5.41) is 7.93. The van der Waals surface area contributed by atoms with Gasteiger partial charge in [-0.25, -0.2) is 4.68 Å². The first-order valence-electron chi connectivity index (χ1n) is 5.72. The summed E-state index contributed by atoms with van der Waals surface area (Å²) >= 11 is 0. The molecule has 0 atom stereocenters. The van der Waals surface area contributed by atoms with E-state index in [1.165, 1.54) is 0 Å². The summed E-state index contributed by atoms with van der Waals surface area (Å²) in [4.78, 5) is 11.0. The fraction of sp³-hybridized carbons (Fsp3) is 0.308. The van der Waals surface area contributed by atoms with Crippen LogP contribution < -0.4 is 4.74 Å². The summed E-state index contributed by atoms with van der Waals surface area (Å²) in [7, 11) is 1.61. The minimum atomic E-state index is 0.159. The summed E-state index contributed by atoms with van der Waals surface area (Å²) in [5.74, 6) is 0.900. The Morgan fingerprint density at radius 3 is 2.78 bits per heavy atom. The van der Waals surface area contributed by atoms with Crippen LogP contribution in [0, 0.1) is 0 Å². The average Bonchev–Trinajstić information content (AvgIpc) is 2.82. The Hall–Kier alpha value is -2.17. The number of rotatable bonds is 4. The molecule has 5 nitrogen and oxygen atoms in total. The molecule has 0 N–H and O–H groups in total. The molecule has 1 aromatic carbocycles. The predicted molar refractivity (Wildman–Crippen MR) is 67.4 cm³/mol. The molecule has 0 spiro atoms. The Kier molecular flexibility index (Phi) is 3.41. The van der Waals surface area contributed by atoms with Crippen molar-refractivity contribution in [3.05, 3.63) is 35.7 Å². The van der Waals surface area contributed by atoms with E-state index in [2.05, 4.69) is 10.3 Å². The lowest BCUT2D eigenvalue weighted by Gasteiger charge is -2.10. The first-order chi connectivity index (χ1) is 8.67. The standard InChI is InChI=1S/C13H15N3O2/c1-9(2)13-12(8-17)14-15-16(13)10-5-4-6-11(7-10)18-3/h4-9H,1-3H3. The number of nitrogens with zero attached hydrogens (tertiary/aromatic N) is 3. The first-order valence-corrected chi connectivity index (χ1v) is 5.72. The molecule has 0 radical (unpaired) electrons. The van der Waals surface area contributed by atoms with E-state index in [-0.39, 0.29) is 5.92 Å². The molecule has 0 unspecified atom stereocenters. The van der Waals surface area contributed by atoms with Gasteiger partial charge in [0.05, 0.1) is 18.5 Å². The number of hydrogen-bond acceptors (Lipinski definition) is 4. The van der Waals surface area contributed by atoms with Crippen molar-refractivity contribution in [3.8, 4) is 11.4 Å². The van der Waals surface area contributed by atoms with Gasteiger partial charge in [0.25, 0.3) is 0 Å². The Morgan fingerprint density at radius 1 is 1.39 bits per heavy atom. The van der Waals surface area contributed by atoms with Gasteiger partial charge in [-0.1, -0.05) is 25.1 Å². The maximum Gasteiger partial charge on any atom is 0.172 e. The highest BCUT2D eigenvalue weighted by atomic mass is 16.5. The van der Waals surface area contributed by atoms with E-state index in [9.17, 15) is 4.79 Å². The second-order valence-corrected chi connectivity index (χ2v) is 4.25. The molecule has 0 aliphatic heterocycles. The topological polar surface area (TPSA) is 57.0 Å². The highest BCUT2D eigenvalue weighted by Crippen LogP contribution is 2.22. The zero-order valence-corrected chi connectivity index (χ0v) is 10.6. The van der Waals surface area contributed by atoms with Gasteiger partial charge < -0.3 is 4.74 Å². The van der Waals surface area contributed by atoms with Crippen LogP contribution in [0.2, 0.25) is 0 Å². The number of ether oxygens (including phenoxy) is 1. The van der Waals surface area contributed by atoms with Crippen molar-refractivity contribution in [2.75, 3.05) is 7.11 Å². The van der Waals surface area contributed by atoms with Crippen LogP contribution in [0.5, 0.6) is 5.75 Å². The Labute approximate surface area is 105 Å². The Bertz CT molecular complexity index is 561. The van der Waals surface area contributed by atoms with Gasteiger partial charge in [-0.05, 0) is 18.1 Å². The van der Waals surface area contributed by atoms with E-state index in [0.29, 0.717) is 5.69 Å². The van der Waals surface area contributed by atoms with Crippen molar-refractivity contribution >= 4 is 6.29 Å². The van der Waals surface area contributed by atoms with E-state index >= 15 is 0 Å². The Balaban J connectivity index is 2.56. The molecule has 1 aromatic heterocycles. The van der Waals surface area contributed by atoms with Gasteiger partial charge in [0.15, 0.2) is 6.29 Å². The molecule has 0 amide bonds. The number of carbonyl (C=O) groups is 1. The summed E-state index contributed by atoms with van der Waals surface area (Å²) in [6, 6.07) is 7.49. The molecule has 2 aromatic rings. The zero-order valence-electron chi connectivity index (χ0n) is 10.6. The SMILES string of the molecule is COc1cccc(-n2nnc(C=O)c2C(C)C)c1. The molecule has 0 bridgehead atoms. The van der Waals surface area contributed by atoms with Gasteiger partial charge in [-0.3, -0.25) is 4.79 Å². The third-order valence-corrected chi connectivity index (χ3v) is 2.69. The van der Waals surface area contributed by atoms with Crippen LogP contribution in [0.15, 0.2) is 24.3 Å². The molecule has 0 saturated heterocycles. The van der Waals surface area contributed by atoms with Gasteiger partial charge in [0.2, 0.25) is 0 Å². The highest BCUT2D eigenvalue weighted by Gasteiger charge is 2.16. The molecule has 1 heterocycles. The van der Waals surface area contributed by atoms with Crippen LogP contribution in [0.1, 0.15) is 35.9 Å². The fourth-order valence-corrected chi connectivity index (χ4v) is 1.86. The van der Waals surface area contributed by atoms with Crippen LogP contribution in [-0.2, 0) is 0 Å². The van der Waals surface area contributed by atoms with E-state index in [4.69, 9.17) is 4.74 Å². The second-order valence-electron chi connectivity index (χ2n) is 4.25. The number of benzene rings is 1. The fourth-order valence-electron chi connectivity index (χ4n) is 1.86. The van der Waals surface area contributed by atoms with Crippen LogP contribution >= 0.6 is 0 Å². The summed E-state index contributed by atoms with van der Waals surface area (Å²) < 4.78 is 6.86. The molecule has 5 heteroatoms. The number of carbonyl (C=O) groups excluding carboxylic acids is 1. The molecule has 0 aliphatic carbocycles. The molecular weight excluding hydrogens is 230 g/mol. The number of aldehydes is 1.